The Morgan fingerprint density at radius 2 is 2.33 bits per heavy atom. The van der Waals surface area contributed by atoms with Crippen LogP contribution in [0.25, 0.3) is 0 Å². The Morgan fingerprint density at radius 1 is 1.56 bits per heavy atom. The van der Waals surface area contributed by atoms with E-state index in [0.717, 1.165) is 29.4 Å². The number of halogens is 1. The Balaban J connectivity index is 2.04. The minimum Gasteiger partial charge on any atom is -0.304 e. The minimum absolute atomic E-state index is 0.334. The van der Waals surface area contributed by atoms with E-state index in [1.54, 1.807) is 11.3 Å². The van der Waals surface area contributed by atoms with Gasteiger partial charge in [0.05, 0.1) is 16.4 Å². The smallest absolute Gasteiger partial charge is 0.0863 e. The summed E-state index contributed by atoms with van der Waals surface area (Å²) in [5.74, 6) is 0. The van der Waals surface area contributed by atoms with Crippen LogP contribution in [0.4, 0.5) is 0 Å². The lowest BCUT2D eigenvalue weighted by atomic mass is 10.2. The predicted molar refractivity (Wildman–Crippen MR) is 77.2 cm³/mol. The standard InChI is InChI=1S/C13H18ClN3S/c1-4-10-13(14)11(17(3)16-10)8-15-9(2)12-6-5-7-18-12/h5-7,9,15H,4,8H2,1-3H3/t9-/m0/s1. The molecule has 18 heavy (non-hydrogen) atoms. The van der Waals surface area contributed by atoms with Crippen molar-refractivity contribution in [1.82, 2.24) is 15.1 Å². The molecule has 0 aliphatic rings. The molecule has 0 saturated carbocycles. The quantitative estimate of drug-likeness (QED) is 0.909. The van der Waals surface area contributed by atoms with Gasteiger partial charge in [-0.15, -0.1) is 11.3 Å². The predicted octanol–water partition coefficient (Wildman–Crippen LogP) is 3.55. The molecule has 2 aromatic heterocycles. The summed E-state index contributed by atoms with van der Waals surface area (Å²) < 4.78 is 1.87. The normalized spacial score (nSPS) is 12.9. The third-order valence-electron chi connectivity index (χ3n) is 3.05. The summed E-state index contributed by atoms with van der Waals surface area (Å²) in [5.41, 5.74) is 2.02. The molecule has 5 heteroatoms. The SMILES string of the molecule is CCc1nn(C)c(CN[C@@H](C)c2cccs2)c1Cl. The monoisotopic (exact) mass is 283 g/mol. The second-order valence-electron chi connectivity index (χ2n) is 4.30. The molecule has 2 heterocycles. The van der Waals surface area contributed by atoms with Crippen molar-refractivity contribution < 1.29 is 0 Å². The molecule has 1 N–H and O–H groups in total. The molecular formula is C13H18ClN3S. The van der Waals surface area contributed by atoms with Crippen molar-refractivity contribution in [1.29, 1.82) is 0 Å². The second-order valence-corrected chi connectivity index (χ2v) is 5.66. The third-order valence-corrected chi connectivity index (χ3v) is 4.54. The average Bonchev–Trinajstić information content (AvgIpc) is 2.96. The van der Waals surface area contributed by atoms with Gasteiger partial charge < -0.3 is 5.32 Å². The Bertz CT molecular complexity index is 505. The highest BCUT2D eigenvalue weighted by atomic mass is 35.5. The zero-order chi connectivity index (χ0) is 13.1. The van der Waals surface area contributed by atoms with Crippen molar-refractivity contribution in [3.63, 3.8) is 0 Å². The Kier molecular flexibility index (Phi) is 4.43. The van der Waals surface area contributed by atoms with Crippen LogP contribution in [0.5, 0.6) is 0 Å². The summed E-state index contributed by atoms with van der Waals surface area (Å²) >= 11 is 8.08. The molecular weight excluding hydrogens is 266 g/mol. The van der Waals surface area contributed by atoms with Gasteiger partial charge in [-0.3, -0.25) is 4.68 Å². The lowest BCUT2D eigenvalue weighted by Crippen LogP contribution is -2.19. The summed E-state index contributed by atoms with van der Waals surface area (Å²) in [6.07, 6.45) is 0.868. The molecule has 0 spiro atoms. The summed E-state index contributed by atoms with van der Waals surface area (Å²) in [4.78, 5) is 1.34. The number of nitrogens with one attached hydrogen (secondary N) is 1. The zero-order valence-electron chi connectivity index (χ0n) is 10.9. The highest BCUT2D eigenvalue weighted by molar-refractivity contribution is 7.10. The van der Waals surface area contributed by atoms with Crippen LogP contribution in [-0.4, -0.2) is 9.78 Å². The molecule has 0 amide bonds. The van der Waals surface area contributed by atoms with Gasteiger partial charge in [0, 0.05) is 24.5 Å². The van der Waals surface area contributed by atoms with E-state index in [1.807, 2.05) is 11.7 Å². The summed E-state index contributed by atoms with van der Waals surface area (Å²) in [7, 11) is 1.94. The highest BCUT2D eigenvalue weighted by Crippen LogP contribution is 2.23. The number of hydrogen-bond donors (Lipinski definition) is 1. The first-order chi connectivity index (χ1) is 8.63. The molecule has 1 atom stereocenters. The maximum atomic E-state index is 6.32. The van der Waals surface area contributed by atoms with Crippen LogP contribution < -0.4 is 5.32 Å². The Labute approximate surface area is 117 Å². The summed E-state index contributed by atoms with van der Waals surface area (Å²) in [5, 5.41) is 10.8. The first-order valence-corrected chi connectivity index (χ1v) is 7.36. The van der Waals surface area contributed by atoms with Crippen molar-refractivity contribution >= 4 is 22.9 Å². The van der Waals surface area contributed by atoms with E-state index in [1.165, 1.54) is 4.88 Å². The molecule has 2 aromatic rings. The van der Waals surface area contributed by atoms with Crippen LogP contribution in [0, 0.1) is 0 Å². The van der Waals surface area contributed by atoms with Crippen molar-refractivity contribution in [2.45, 2.75) is 32.9 Å². The third kappa shape index (κ3) is 2.76. The molecule has 0 radical (unpaired) electrons. The lowest BCUT2D eigenvalue weighted by molar-refractivity contribution is 0.554. The van der Waals surface area contributed by atoms with E-state index in [4.69, 9.17) is 11.6 Å². The van der Waals surface area contributed by atoms with Gasteiger partial charge in [0.1, 0.15) is 0 Å². The zero-order valence-corrected chi connectivity index (χ0v) is 12.5. The molecule has 0 aliphatic carbocycles. The van der Waals surface area contributed by atoms with Crippen LogP contribution in [0.15, 0.2) is 17.5 Å². The molecule has 3 nitrogen and oxygen atoms in total. The number of aromatic nitrogens is 2. The van der Waals surface area contributed by atoms with Crippen molar-refractivity contribution in [2.75, 3.05) is 0 Å². The molecule has 0 bridgehead atoms. The number of hydrogen-bond acceptors (Lipinski definition) is 3. The van der Waals surface area contributed by atoms with Gasteiger partial charge in [0.2, 0.25) is 0 Å². The minimum atomic E-state index is 0.334. The van der Waals surface area contributed by atoms with E-state index >= 15 is 0 Å². The second kappa shape index (κ2) is 5.87. The maximum Gasteiger partial charge on any atom is 0.0863 e. The first kappa shape index (κ1) is 13.6. The molecule has 0 saturated heterocycles. The Morgan fingerprint density at radius 3 is 2.89 bits per heavy atom. The highest BCUT2D eigenvalue weighted by Gasteiger charge is 2.14. The number of rotatable bonds is 5. The number of aryl methyl sites for hydroxylation is 2. The average molecular weight is 284 g/mol. The van der Waals surface area contributed by atoms with Gasteiger partial charge in [-0.05, 0) is 24.8 Å². The van der Waals surface area contributed by atoms with Gasteiger partial charge in [0.15, 0.2) is 0 Å². The van der Waals surface area contributed by atoms with Crippen molar-refractivity contribution in [2.24, 2.45) is 7.05 Å². The lowest BCUT2D eigenvalue weighted by Gasteiger charge is -2.12. The fraction of sp³-hybridized carbons (Fsp3) is 0.462. The number of nitrogens with zero attached hydrogens (tertiary/aromatic N) is 2. The molecule has 2 rings (SSSR count). The van der Waals surface area contributed by atoms with E-state index in [0.29, 0.717) is 6.04 Å². The van der Waals surface area contributed by atoms with Crippen molar-refractivity contribution in [3.05, 3.63) is 38.8 Å². The van der Waals surface area contributed by atoms with Crippen LogP contribution in [-0.2, 0) is 20.0 Å². The van der Waals surface area contributed by atoms with E-state index in [2.05, 4.69) is 41.8 Å². The van der Waals surface area contributed by atoms with Crippen LogP contribution in [0.2, 0.25) is 5.02 Å². The number of thiophene rings is 1. The summed E-state index contributed by atoms with van der Waals surface area (Å²) in [6.45, 7) is 4.97. The molecule has 0 aliphatic heterocycles. The van der Waals surface area contributed by atoms with Gasteiger partial charge in [0.25, 0.3) is 0 Å². The van der Waals surface area contributed by atoms with E-state index in [9.17, 15) is 0 Å². The van der Waals surface area contributed by atoms with Gasteiger partial charge >= 0.3 is 0 Å². The van der Waals surface area contributed by atoms with E-state index < -0.39 is 0 Å². The molecule has 98 valence electrons. The van der Waals surface area contributed by atoms with Crippen molar-refractivity contribution in [3.8, 4) is 0 Å². The van der Waals surface area contributed by atoms with Crippen LogP contribution >= 0.6 is 22.9 Å². The fourth-order valence-electron chi connectivity index (χ4n) is 1.90. The van der Waals surface area contributed by atoms with Gasteiger partial charge in [-0.2, -0.15) is 5.10 Å². The Hall–Kier alpha value is -0.840. The fourth-order valence-corrected chi connectivity index (χ4v) is 3.02. The van der Waals surface area contributed by atoms with Crippen LogP contribution in [0.3, 0.4) is 0 Å². The topological polar surface area (TPSA) is 29.9 Å². The molecule has 0 aromatic carbocycles. The molecule has 0 unspecified atom stereocenters. The van der Waals surface area contributed by atoms with Gasteiger partial charge in [-0.25, -0.2) is 0 Å². The van der Waals surface area contributed by atoms with Crippen LogP contribution in [0.1, 0.15) is 36.2 Å². The molecule has 0 fully saturated rings. The largest absolute Gasteiger partial charge is 0.304 e. The summed E-state index contributed by atoms with van der Waals surface area (Å²) in [6, 6.07) is 4.55. The van der Waals surface area contributed by atoms with E-state index in [-0.39, 0.29) is 0 Å². The van der Waals surface area contributed by atoms with Gasteiger partial charge in [-0.1, -0.05) is 24.6 Å². The maximum absolute atomic E-state index is 6.32. The first-order valence-electron chi connectivity index (χ1n) is 6.10.